The highest BCUT2D eigenvalue weighted by molar-refractivity contribution is 6.09. The highest BCUT2D eigenvalue weighted by atomic mass is 19.1. The maximum Gasteiger partial charge on any atom is 0.149 e. The van der Waals surface area contributed by atoms with Gasteiger partial charge in [-0.2, -0.15) is 0 Å². The summed E-state index contributed by atoms with van der Waals surface area (Å²) in [6.45, 7) is 0.340. The Hall–Kier alpha value is -6.47. The largest absolute Gasteiger partial charge is 0.457 e. The van der Waals surface area contributed by atoms with Crippen LogP contribution in [0, 0.1) is 11.6 Å². The van der Waals surface area contributed by atoms with E-state index in [4.69, 9.17) is 4.74 Å². The second-order valence-corrected chi connectivity index (χ2v) is 12.4. The SMILES string of the molecule is Fc1ccc(N2CN(c3cc(Cc4ccccc4)cc(Oc4ccc5c6ccccc6n(-c6ccccn6)c5c4)c3)c3ccccc32)c(F)c1. The molecule has 5 nitrogen and oxygen atoms in total. The Kier molecular flexibility index (Phi) is 7.24. The average Bonchev–Trinajstić information content (AvgIpc) is 3.68. The summed E-state index contributed by atoms with van der Waals surface area (Å²) < 4.78 is 37.9. The van der Waals surface area contributed by atoms with E-state index in [1.54, 1.807) is 6.20 Å². The molecule has 0 saturated heterocycles. The maximum absolute atomic E-state index is 15.1. The number of hydrogen-bond donors (Lipinski definition) is 0. The normalized spacial score (nSPS) is 12.5. The van der Waals surface area contributed by atoms with Crippen LogP contribution in [0.2, 0.25) is 0 Å². The number of rotatable bonds is 7. The number of para-hydroxylation sites is 3. The van der Waals surface area contributed by atoms with Gasteiger partial charge in [0.25, 0.3) is 0 Å². The summed E-state index contributed by atoms with van der Waals surface area (Å²) in [5.74, 6) is 0.985. The first kappa shape index (κ1) is 29.7. The average molecular weight is 657 g/mol. The van der Waals surface area contributed by atoms with Crippen molar-refractivity contribution in [1.82, 2.24) is 9.55 Å². The lowest BCUT2D eigenvalue weighted by molar-refractivity contribution is 0.483. The van der Waals surface area contributed by atoms with E-state index in [9.17, 15) is 4.39 Å². The maximum atomic E-state index is 15.1. The molecule has 0 fully saturated rings. The minimum atomic E-state index is -0.609. The molecule has 0 spiro atoms. The third-order valence-corrected chi connectivity index (χ3v) is 9.22. The molecule has 7 heteroatoms. The first-order valence-corrected chi connectivity index (χ1v) is 16.5. The van der Waals surface area contributed by atoms with Gasteiger partial charge in [-0.3, -0.25) is 4.57 Å². The fraction of sp³-hybridized carbons (Fsp3) is 0.0465. The summed E-state index contributed by atoms with van der Waals surface area (Å²) in [4.78, 5) is 8.68. The summed E-state index contributed by atoms with van der Waals surface area (Å²) in [6.07, 6.45) is 2.50. The van der Waals surface area contributed by atoms with Gasteiger partial charge in [0, 0.05) is 40.9 Å². The van der Waals surface area contributed by atoms with E-state index in [0.717, 1.165) is 56.3 Å². The van der Waals surface area contributed by atoms with Crippen LogP contribution in [0.5, 0.6) is 11.5 Å². The number of fused-ring (bicyclic) bond motifs is 4. The number of halogens is 2. The Morgan fingerprint density at radius 2 is 1.32 bits per heavy atom. The molecule has 0 bridgehead atoms. The van der Waals surface area contributed by atoms with Crippen molar-refractivity contribution in [2.24, 2.45) is 0 Å². The zero-order chi connectivity index (χ0) is 33.6. The first-order valence-electron chi connectivity index (χ1n) is 16.5. The molecule has 0 saturated carbocycles. The number of aromatic nitrogens is 2. The second kappa shape index (κ2) is 12.2. The minimum Gasteiger partial charge on any atom is -0.457 e. The number of pyridine rings is 1. The Bertz CT molecular complexity index is 2520. The van der Waals surface area contributed by atoms with Gasteiger partial charge in [-0.25, -0.2) is 13.8 Å². The van der Waals surface area contributed by atoms with Gasteiger partial charge in [-0.05, 0) is 84.3 Å². The van der Waals surface area contributed by atoms with Crippen molar-refractivity contribution in [3.8, 4) is 17.3 Å². The van der Waals surface area contributed by atoms with Gasteiger partial charge in [0.1, 0.15) is 35.6 Å². The third-order valence-electron chi connectivity index (χ3n) is 9.22. The van der Waals surface area contributed by atoms with E-state index >= 15 is 4.39 Å². The molecule has 9 rings (SSSR count). The van der Waals surface area contributed by atoms with Gasteiger partial charge in [0.05, 0.1) is 28.1 Å². The van der Waals surface area contributed by atoms with Crippen LogP contribution in [-0.2, 0) is 6.42 Å². The van der Waals surface area contributed by atoms with Crippen LogP contribution in [0.15, 0.2) is 158 Å². The van der Waals surface area contributed by atoms with Crippen LogP contribution in [0.25, 0.3) is 27.6 Å². The fourth-order valence-electron chi connectivity index (χ4n) is 7.02. The van der Waals surface area contributed by atoms with Crippen LogP contribution in [0.3, 0.4) is 0 Å². The van der Waals surface area contributed by atoms with E-state index in [2.05, 4.69) is 69.0 Å². The van der Waals surface area contributed by atoms with Crippen LogP contribution in [-0.4, -0.2) is 16.2 Å². The van der Waals surface area contributed by atoms with Crippen molar-refractivity contribution in [1.29, 1.82) is 0 Å². The number of ether oxygens (including phenoxy) is 1. The second-order valence-electron chi connectivity index (χ2n) is 12.4. The Morgan fingerprint density at radius 1 is 0.560 bits per heavy atom. The molecule has 0 unspecified atom stereocenters. The zero-order valence-electron chi connectivity index (χ0n) is 26.9. The van der Waals surface area contributed by atoms with E-state index in [1.165, 1.54) is 17.7 Å². The molecular weight excluding hydrogens is 626 g/mol. The molecule has 0 aliphatic carbocycles. The van der Waals surface area contributed by atoms with Gasteiger partial charge >= 0.3 is 0 Å². The van der Waals surface area contributed by atoms with Crippen molar-refractivity contribution in [3.63, 3.8) is 0 Å². The predicted octanol–water partition coefficient (Wildman–Crippen LogP) is 11.1. The molecule has 1 aliphatic rings. The summed E-state index contributed by atoms with van der Waals surface area (Å²) in [7, 11) is 0. The van der Waals surface area contributed by atoms with E-state index < -0.39 is 11.6 Å². The van der Waals surface area contributed by atoms with Gasteiger partial charge < -0.3 is 14.5 Å². The smallest absolute Gasteiger partial charge is 0.149 e. The van der Waals surface area contributed by atoms with Crippen molar-refractivity contribution >= 4 is 44.6 Å². The fourth-order valence-corrected chi connectivity index (χ4v) is 7.02. The number of nitrogens with zero attached hydrogens (tertiary/aromatic N) is 4. The predicted molar refractivity (Wildman–Crippen MR) is 196 cm³/mol. The van der Waals surface area contributed by atoms with Gasteiger partial charge in [0.2, 0.25) is 0 Å². The number of hydrogen-bond acceptors (Lipinski definition) is 4. The van der Waals surface area contributed by atoms with Crippen molar-refractivity contribution in [2.75, 3.05) is 16.5 Å². The van der Waals surface area contributed by atoms with Gasteiger partial charge in [-0.1, -0.05) is 66.7 Å². The van der Waals surface area contributed by atoms with E-state index in [1.807, 2.05) is 83.8 Å². The summed E-state index contributed by atoms with van der Waals surface area (Å²) >= 11 is 0. The molecule has 0 atom stereocenters. The quantitative estimate of drug-likeness (QED) is 0.171. The van der Waals surface area contributed by atoms with Crippen LogP contribution in [0.1, 0.15) is 11.1 Å². The topological polar surface area (TPSA) is 33.5 Å². The summed E-state index contributed by atoms with van der Waals surface area (Å²) in [5, 5.41) is 2.25. The number of anilines is 4. The summed E-state index contributed by atoms with van der Waals surface area (Å²) in [5.41, 5.74) is 7.27. The molecule has 0 N–H and O–H groups in total. The minimum absolute atomic E-state index is 0.315. The van der Waals surface area contributed by atoms with Crippen molar-refractivity contribution in [2.45, 2.75) is 6.42 Å². The van der Waals surface area contributed by atoms with Gasteiger partial charge in [-0.15, -0.1) is 0 Å². The lowest BCUT2D eigenvalue weighted by atomic mass is 10.0. The highest BCUT2D eigenvalue weighted by Gasteiger charge is 2.30. The molecule has 3 heterocycles. The third kappa shape index (κ3) is 5.29. The molecule has 6 aromatic carbocycles. The van der Waals surface area contributed by atoms with Crippen molar-refractivity contribution in [3.05, 3.63) is 181 Å². The number of benzene rings is 6. The molecule has 8 aromatic rings. The van der Waals surface area contributed by atoms with Crippen LogP contribution < -0.4 is 14.5 Å². The molecular formula is C43H30F2N4O. The summed E-state index contributed by atoms with van der Waals surface area (Å²) in [6, 6.07) is 48.6. The highest BCUT2D eigenvalue weighted by Crippen LogP contribution is 2.46. The van der Waals surface area contributed by atoms with Crippen LogP contribution >= 0.6 is 0 Å². The Labute approximate surface area is 287 Å². The lowest BCUT2D eigenvalue weighted by Crippen LogP contribution is -2.24. The van der Waals surface area contributed by atoms with E-state index in [0.29, 0.717) is 30.3 Å². The molecule has 2 aromatic heterocycles. The van der Waals surface area contributed by atoms with Crippen LogP contribution in [0.4, 0.5) is 31.5 Å². The molecule has 50 heavy (non-hydrogen) atoms. The lowest BCUT2D eigenvalue weighted by Gasteiger charge is -2.23. The first-order chi connectivity index (χ1) is 24.6. The standard InChI is InChI=1S/C43H30F2N4O/c44-31-17-20-39(37(45)25-31)48-28-47(40-14-6-7-15-41(40)48)32-23-30(22-29-10-2-1-3-11-29)24-34(26-32)50-33-18-19-36-35-12-4-5-13-38(35)49(42(36)27-33)43-16-8-9-21-46-43/h1-21,23-27H,22,28H2. The molecule has 0 amide bonds. The zero-order valence-corrected chi connectivity index (χ0v) is 26.9. The molecule has 242 valence electrons. The molecule has 0 radical (unpaired) electrons. The van der Waals surface area contributed by atoms with E-state index in [-0.39, 0.29) is 0 Å². The molecule has 1 aliphatic heterocycles. The monoisotopic (exact) mass is 656 g/mol. The van der Waals surface area contributed by atoms with Crippen molar-refractivity contribution < 1.29 is 13.5 Å². The Morgan fingerprint density at radius 3 is 2.14 bits per heavy atom. The van der Waals surface area contributed by atoms with Gasteiger partial charge in [0.15, 0.2) is 0 Å². The Balaban J connectivity index is 1.14.